The number of phenols is 2. The Hall–Kier alpha value is -1.71. The maximum Gasteiger partial charge on any atom is 0.251 e. The molecule has 2 atom stereocenters. The molecule has 0 heterocycles. The molecule has 0 saturated heterocycles. The molecular weight excluding hydrogens is 242 g/mol. The average molecular weight is 263 g/mol. The van der Waals surface area contributed by atoms with Gasteiger partial charge in [-0.05, 0) is 36.8 Å². The fourth-order valence-corrected chi connectivity index (χ4v) is 2.81. The Morgan fingerprint density at radius 2 is 1.95 bits per heavy atom. The minimum absolute atomic E-state index is 0.101. The SMILES string of the molecule is CC1CCCC(CNC(=O)c2cc(O)cc(O)c2)C1. The smallest absolute Gasteiger partial charge is 0.251 e. The maximum atomic E-state index is 11.9. The standard InChI is InChI=1S/C15H21NO3/c1-10-3-2-4-11(5-10)9-16-15(19)12-6-13(17)8-14(18)7-12/h6-8,10-11,17-18H,2-5,9H2,1H3,(H,16,19). The summed E-state index contributed by atoms with van der Waals surface area (Å²) in [7, 11) is 0. The molecular formula is C15H21NO3. The second kappa shape index (κ2) is 5.95. The van der Waals surface area contributed by atoms with Crippen LogP contribution in [-0.4, -0.2) is 22.7 Å². The van der Waals surface area contributed by atoms with Crippen LogP contribution in [-0.2, 0) is 0 Å². The van der Waals surface area contributed by atoms with Crippen molar-refractivity contribution < 1.29 is 15.0 Å². The largest absolute Gasteiger partial charge is 0.508 e. The molecule has 1 aromatic rings. The van der Waals surface area contributed by atoms with Crippen LogP contribution < -0.4 is 5.32 Å². The van der Waals surface area contributed by atoms with Crippen LogP contribution in [0, 0.1) is 11.8 Å². The van der Waals surface area contributed by atoms with E-state index in [0.717, 1.165) is 18.8 Å². The van der Waals surface area contributed by atoms with E-state index in [2.05, 4.69) is 12.2 Å². The fourth-order valence-electron chi connectivity index (χ4n) is 2.81. The molecule has 1 saturated carbocycles. The van der Waals surface area contributed by atoms with Crippen LogP contribution in [0.5, 0.6) is 11.5 Å². The predicted octanol–water partition coefficient (Wildman–Crippen LogP) is 2.65. The Balaban J connectivity index is 1.90. The summed E-state index contributed by atoms with van der Waals surface area (Å²) in [6.45, 7) is 2.92. The molecule has 2 rings (SSSR count). The third-order valence-corrected chi connectivity index (χ3v) is 3.76. The molecule has 0 spiro atoms. The monoisotopic (exact) mass is 263 g/mol. The first kappa shape index (κ1) is 13.7. The lowest BCUT2D eigenvalue weighted by molar-refractivity contribution is 0.0940. The molecule has 2 unspecified atom stereocenters. The Bertz CT molecular complexity index is 438. The van der Waals surface area contributed by atoms with Crippen LogP contribution in [0.1, 0.15) is 43.0 Å². The highest BCUT2D eigenvalue weighted by molar-refractivity contribution is 5.95. The lowest BCUT2D eigenvalue weighted by atomic mass is 9.82. The molecule has 104 valence electrons. The quantitative estimate of drug-likeness (QED) is 0.785. The molecule has 1 fully saturated rings. The number of amides is 1. The van der Waals surface area contributed by atoms with Crippen molar-refractivity contribution in [3.8, 4) is 11.5 Å². The highest BCUT2D eigenvalue weighted by Crippen LogP contribution is 2.28. The summed E-state index contributed by atoms with van der Waals surface area (Å²) in [5.74, 6) is 0.830. The highest BCUT2D eigenvalue weighted by Gasteiger charge is 2.19. The van der Waals surface area contributed by atoms with Crippen molar-refractivity contribution in [2.45, 2.75) is 32.6 Å². The minimum atomic E-state index is -0.246. The molecule has 0 bridgehead atoms. The molecule has 1 aliphatic carbocycles. The third kappa shape index (κ3) is 3.88. The highest BCUT2D eigenvalue weighted by atomic mass is 16.3. The molecule has 0 radical (unpaired) electrons. The Morgan fingerprint density at radius 1 is 1.26 bits per heavy atom. The van der Waals surface area contributed by atoms with Crippen LogP contribution in [0.3, 0.4) is 0 Å². The first-order valence-electron chi connectivity index (χ1n) is 6.86. The summed E-state index contributed by atoms with van der Waals surface area (Å²) in [5.41, 5.74) is 0.293. The van der Waals surface area contributed by atoms with Crippen LogP contribution in [0.4, 0.5) is 0 Å². The number of phenolic OH excluding ortho intramolecular Hbond substituents is 2. The second-order valence-corrected chi connectivity index (χ2v) is 5.59. The average Bonchev–Trinajstić information content (AvgIpc) is 2.35. The van der Waals surface area contributed by atoms with E-state index in [1.165, 1.54) is 31.0 Å². The zero-order valence-corrected chi connectivity index (χ0v) is 11.2. The van der Waals surface area contributed by atoms with Crippen molar-refractivity contribution in [1.82, 2.24) is 5.32 Å². The number of carbonyl (C=O) groups excluding carboxylic acids is 1. The van der Waals surface area contributed by atoms with Crippen molar-refractivity contribution in [1.29, 1.82) is 0 Å². The summed E-state index contributed by atoms with van der Waals surface area (Å²) in [6, 6.07) is 3.93. The van der Waals surface area contributed by atoms with Crippen LogP contribution in [0.15, 0.2) is 18.2 Å². The molecule has 4 heteroatoms. The number of carbonyl (C=O) groups is 1. The normalized spacial score (nSPS) is 23.0. The number of benzene rings is 1. The lowest BCUT2D eigenvalue weighted by Crippen LogP contribution is -2.31. The van der Waals surface area contributed by atoms with Crippen molar-refractivity contribution in [2.75, 3.05) is 6.54 Å². The number of aromatic hydroxyl groups is 2. The Morgan fingerprint density at radius 3 is 2.58 bits per heavy atom. The van der Waals surface area contributed by atoms with Crippen LogP contribution in [0.25, 0.3) is 0 Å². The number of hydrogen-bond donors (Lipinski definition) is 3. The molecule has 1 aromatic carbocycles. The van der Waals surface area contributed by atoms with Gasteiger partial charge in [0, 0.05) is 18.2 Å². The summed E-state index contributed by atoms with van der Waals surface area (Å²) in [5, 5.41) is 21.6. The Kier molecular flexibility index (Phi) is 4.30. The van der Waals surface area contributed by atoms with Crippen molar-refractivity contribution >= 4 is 5.91 Å². The zero-order valence-electron chi connectivity index (χ0n) is 11.2. The van der Waals surface area contributed by atoms with E-state index >= 15 is 0 Å². The summed E-state index contributed by atoms with van der Waals surface area (Å²) >= 11 is 0. The first-order valence-corrected chi connectivity index (χ1v) is 6.86. The molecule has 0 aliphatic heterocycles. The Labute approximate surface area is 113 Å². The molecule has 3 N–H and O–H groups in total. The molecule has 19 heavy (non-hydrogen) atoms. The molecule has 1 aliphatic rings. The van der Waals surface area contributed by atoms with E-state index in [1.54, 1.807) is 0 Å². The second-order valence-electron chi connectivity index (χ2n) is 5.59. The zero-order chi connectivity index (χ0) is 13.8. The molecule has 1 amide bonds. The van der Waals surface area contributed by atoms with E-state index in [4.69, 9.17) is 0 Å². The number of nitrogens with one attached hydrogen (secondary N) is 1. The van der Waals surface area contributed by atoms with Gasteiger partial charge >= 0.3 is 0 Å². The molecule has 0 aromatic heterocycles. The van der Waals surface area contributed by atoms with E-state index in [-0.39, 0.29) is 17.4 Å². The third-order valence-electron chi connectivity index (χ3n) is 3.76. The van der Waals surface area contributed by atoms with E-state index in [1.807, 2.05) is 0 Å². The van der Waals surface area contributed by atoms with Gasteiger partial charge in [-0.2, -0.15) is 0 Å². The van der Waals surface area contributed by atoms with Gasteiger partial charge in [0.1, 0.15) is 11.5 Å². The van der Waals surface area contributed by atoms with Crippen molar-refractivity contribution in [3.63, 3.8) is 0 Å². The summed E-state index contributed by atoms with van der Waals surface area (Å²) < 4.78 is 0. The van der Waals surface area contributed by atoms with Gasteiger partial charge in [-0.15, -0.1) is 0 Å². The van der Waals surface area contributed by atoms with E-state index in [9.17, 15) is 15.0 Å². The van der Waals surface area contributed by atoms with Gasteiger partial charge in [0.05, 0.1) is 0 Å². The fraction of sp³-hybridized carbons (Fsp3) is 0.533. The van der Waals surface area contributed by atoms with Gasteiger partial charge in [0.2, 0.25) is 0 Å². The number of hydrogen-bond acceptors (Lipinski definition) is 3. The summed E-state index contributed by atoms with van der Waals surface area (Å²) in [6.07, 6.45) is 4.83. The van der Waals surface area contributed by atoms with Gasteiger partial charge in [0.25, 0.3) is 5.91 Å². The van der Waals surface area contributed by atoms with Crippen LogP contribution in [0.2, 0.25) is 0 Å². The molecule has 4 nitrogen and oxygen atoms in total. The number of rotatable bonds is 3. The lowest BCUT2D eigenvalue weighted by Gasteiger charge is -2.26. The van der Waals surface area contributed by atoms with Crippen molar-refractivity contribution in [3.05, 3.63) is 23.8 Å². The topological polar surface area (TPSA) is 69.6 Å². The van der Waals surface area contributed by atoms with Gasteiger partial charge in [-0.3, -0.25) is 4.79 Å². The van der Waals surface area contributed by atoms with Gasteiger partial charge in [0.15, 0.2) is 0 Å². The van der Waals surface area contributed by atoms with Gasteiger partial charge in [-0.25, -0.2) is 0 Å². The van der Waals surface area contributed by atoms with Crippen molar-refractivity contribution in [2.24, 2.45) is 11.8 Å². The van der Waals surface area contributed by atoms with Gasteiger partial charge in [-0.1, -0.05) is 19.8 Å². The first-order chi connectivity index (χ1) is 9.04. The minimum Gasteiger partial charge on any atom is -0.508 e. The summed E-state index contributed by atoms with van der Waals surface area (Å²) in [4.78, 5) is 11.9. The van der Waals surface area contributed by atoms with Crippen LogP contribution >= 0.6 is 0 Å². The van der Waals surface area contributed by atoms with E-state index in [0.29, 0.717) is 18.0 Å². The van der Waals surface area contributed by atoms with E-state index < -0.39 is 0 Å². The van der Waals surface area contributed by atoms with Gasteiger partial charge < -0.3 is 15.5 Å². The predicted molar refractivity (Wildman–Crippen MR) is 73.2 cm³/mol. The maximum absolute atomic E-state index is 11.9.